The molecule has 2 rings (SSSR count). The highest BCUT2D eigenvalue weighted by Crippen LogP contribution is 2.22. The molecule has 0 spiro atoms. The Hall–Kier alpha value is -2.11. The minimum Gasteiger partial charge on any atom is -0.331 e. The summed E-state index contributed by atoms with van der Waals surface area (Å²) in [5.41, 5.74) is 3.95. The lowest BCUT2D eigenvalue weighted by Gasteiger charge is -2.26. The SMILES string of the molecule is Cc1cc(CN(Cc2cc(C)n(C)n2)C(=O)CC(C)(C)C)n(C)n1. The molecule has 0 aliphatic heterocycles. The Morgan fingerprint density at radius 3 is 2.21 bits per heavy atom. The Morgan fingerprint density at radius 1 is 1.08 bits per heavy atom. The van der Waals surface area contributed by atoms with E-state index in [2.05, 4.69) is 31.0 Å². The molecule has 0 bridgehead atoms. The number of hydrogen-bond acceptors (Lipinski definition) is 3. The number of carbonyl (C=O) groups is 1. The first-order valence-electron chi connectivity index (χ1n) is 8.32. The van der Waals surface area contributed by atoms with Gasteiger partial charge in [0.2, 0.25) is 5.91 Å². The van der Waals surface area contributed by atoms with Crippen molar-refractivity contribution in [1.29, 1.82) is 0 Å². The lowest BCUT2D eigenvalue weighted by Crippen LogP contribution is -2.33. The van der Waals surface area contributed by atoms with E-state index in [4.69, 9.17) is 0 Å². The van der Waals surface area contributed by atoms with Gasteiger partial charge in [0.05, 0.1) is 30.2 Å². The van der Waals surface area contributed by atoms with E-state index in [-0.39, 0.29) is 11.3 Å². The first-order valence-corrected chi connectivity index (χ1v) is 8.32. The Kier molecular flexibility index (Phi) is 5.16. The standard InChI is InChI=1S/C18H29N5O/c1-13-8-16(22(7)19-13)12-23(17(24)10-18(3,4)5)11-15-9-14(2)21(6)20-15/h8-9H,10-12H2,1-7H3. The maximum absolute atomic E-state index is 12.8. The van der Waals surface area contributed by atoms with Crippen molar-refractivity contribution in [1.82, 2.24) is 24.5 Å². The molecule has 2 heterocycles. The van der Waals surface area contributed by atoms with Gasteiger partial charge in [0, 0.05) is 26.2 Å². The minimum atomic E-state index is -0.0439. The molecule has 0 unspecified atom stereocenters. The first-order chi connectivity index (χ1) is 11.0. The third kappa shape index (κ3) is 4.69. The Morgan fingerprint density at radius 2 is 1.75 bits per heavy atom. The lowest BCUT2D eigenvalue weighted by molar-refractivity contribution is -0.134. The molecular formula is C18H29N5O. The Bertz CT molecular complexity index is 701. The second-order valence-electron chi connectivity index (χ2n) is 7.79. The van der Waals surface area contributed by atoms with Crippen LogP contribution in [0.4, 0.5) is 0 Å². The lowest BCUT2D eigenvalue weighted by atomic mass is 9.91. The summed E-state index contributed by atoms with van der Waals surface area (Å²) in [5.74, 6) is 0.143. The minimum absolute atomic E-state index is 0.0439. The van der Waals surface area contributed by atoms with Crippen LogP contribution < -0.4 is 0 Å². The molecule has 1 amide bonds. The number of amides is 1. The van der Waals surface area contributed by atoms with Crippen LogP contribution in [0.15, 0.2) is 12.1 Å². The fourth-order valence-electron chi connectivity index (χ4n) is 2.71. The van der Waals surface area contributed by atoms with E-state index in [0.717, 1.165) is 22.8 Å². The Labute approximate surface area is 144 Å². The molecule has 0 aromatic carbocycles. The largest absolute Gasteiger partial charge is 0.331 e. The van der Waals surface area contributed by atoms with Crippen LogP contribution in [0.25, 0.3) is 0 Å². The van der Waals surface area contributed by atoms with E-state index < -0.39 is 0 Å². The number of carbonyl (C=O) groups excluding carboxylic acids is 1. The van der Waals surface area contributed by atoms with Gasteiger partial charge < -0.3 is 4.90 Å². The second kappa shape index (κ2) is 6.79. The summed E-state index contributed by atoms with van der Waals surface area (Å²) < 4.78 is 3.69. The van der Waals surface area contributed by atoms with Crippen molar-refractivity contribution in [2.75, 3.05) is 0 Å². The maximum Gasteiger partial charge on any atom is 0.223 e. The zero-order chi connectivity index (χ0) is 18.1. The van der Waals surface area contributed by atoms with Gasteiger partial charge in [0.15, 0.2) is 0 Å². The molecule has 0 radical (unpaired) electrons. The van der Waals surface area contributed by atoms with E-state index >= 15 is 0 Å². The van der Waals surface area contributed by atoms with Gasteiger partial charge >= 0.3 is 0 Å². The van der Waals surface area contributed by atoms with Gasteiger partial charge in [-0.25, -0.2) is 0 Å². The van der Waals surface area contributed by atoms with Crippen LogP contribution >= 0.6 is 0 Å². The second-order valence-corrected chi connectivity index (χ2v) is 7.79. The highest BCUT2D eigenvalue weighted by molar-refractivity contribution is 5.76. The normalized spacial score (nSPS) is 11.8. The van der Waals surface area contributed by atoms with Crippen LogP contribution in [0.1, 0.15) is 50.0 Å². The van der Waals surface area contributed by atoms with Gasteiger partial charge in [0.25, 0.3) is 0 Å². The van der Waals surface area contributed by atoms with E-state index in [0.29, 0.717) is 19.5 Å². The molecule has 2 aromatic heterocycles. The predicted octanol–water partition coefficient (Wildman–Crippen LogP) is 2.74. The molecule has 6 nitrogen and oxygen atoms in total. The molecule has 0 aliphatic rings. The fraction of sp³-hybridized carbons (Fsp3) is 0.611. The molecule has 132 valence electrons. The third-order valence-electron chi connectivity index (χ3n) is 4.00. The van der Waals surface area contributed by atoms with Crippen molar-refractivity contribution in [2.45, 2.75) is 54.1 Å². The highest BCUT2D eigenvalue weighted by Gasteiger charge is 2.23. The fourth-order valence-corrected chi connectivity index (χ4v) is 2.71. The molecule has 0 saturated heterocycles. The summed E-state index contributed by atoms with van der Waals surface area (Å²) in [4.78, 5) is 14.7. The van der Waals surface area contributed by atoms with Crippen molar-refractivity contribution >= 4 is 5.91 Å². The summed E-state index contributed by atoms with van der Waals surface area (Å²) in [7, 11) is 3.84. The third-order valence-corrected chi connectivity index (χ3v) is 4.00. The number of aryl methyl sites for hydroxylation is 4. The van der Waals surface area contributed by atoms with Gasteiger partial charge in [-0.3, -0.25) is 14.2 Å². The summed E-state index contributed by atoms with van der Waals surface area (Å²) in [6.45, 7) is 11.3. The van der Waals surface area contributed by atoms with Crippen LogP contribution in [0.3, 0.4) is 0 Å². The van der Waals surface area contributed by atoms with Crippen molar-refractivity contribution in [3.63, 3.8) is 0 Å². The number of aromatic nitrogens is 4. The molecule has 0 fully saturated rings. The maximum atomic E-state index is 12.8. The van der Waals surface area contributed by atoms with Gasteiger partial charge in [-0.05, 0) is 31.4 Å². The molecule has 0 aliphatic carbocycles. The van der Waals surface area contributed by atoms with Crippen LogP contribution in [-0.4, -0.2) is 30.4 Å². The summed E-state index contributed by atoms with van der Waals surface area (Å²) in [5, 5.41) is 8.88. The summed E-state index contributed by atoms with van der Waals surface area (Å²) >= 11 is 0. The molecule has 24 heavy (non-hydrogen) atoms. The number of rotatable bonds is 5. The zero-order valence-electron chi connectivity index (χ0n) is 15.9. The topological polar surface area (TPSA) is 56.0 Å². The van der Waals surface area contributed by atoms with Crippen LogP contribution in [-0.2, 0) is 32.0 Å². The molecule has 0 N–H and O–H groups in total. The molecule has 0 saturated carbocycles. The van der Waals surface area contributed by atoms with E-state index in [9.17, 15) is 4.79 Å². The van der Waals surface area contributed by atoms with E-state index in [1.165, 1.54) is 0 Å². The van der Waals surface area contributed by atoms with Crippen molar-refractivity contribution in [2.24, 2.45) is 19.5 Å². The summed E-state index contributed by atoms with van der Waals surface area (Å²) in [6.07, 6.45) is 0.510. The molecule has 6 heteroatoms. The van der Waals surface area contributed by atoms with E-state index in [1.54, 1.807) is 0 Å². The molecular weight excluding hydrogens is 302 g/mol. The number of hydrogen-bond donors (Lipinski definition) is 0. The highest BCUT2D eigenvalue weighted by atomic mass is 16.2. The van der Waals surface area contributed by atoms with E-state index in [1.807, 2.05) is 54.3 Å². The van der Waals surface area contributed by atoms with Crippen molar-refractivity contribution in [3.05, 3.63) is 34.9 Å². The summed E-state index contributed by atoms with van der Waals surface area (Å²) in [6, 6.07) is 4.06. The molecule has 2 aromatic rings. The van der Waals surface area contributed by atoms with Crippen LogP contribution in [0, 0.1) is 19.3 Å². The van der Waals surface area contributed by atoms with Crippen LogP contribution in [0.5, 0.6) is 0 Å². The van der Waals surface area contributed by atoms with Crippen molar-refractivity contribution in [3.8, 4) is 0 Å². The first kappa shape index (κ1) is 18.2. The average molecular weight is 331 g/mol. The smallest absolute Gasteiger partial charge is 0.223 e. The Balaban J connectivity index is 2.23. The van der Waals surface area contributed by atoms with Crippen molar-refractivity contribution < 1.29 is 4.79 Å². The average Bonchev–Trinajstić information content (AvgIpc) is 2.89. The van der Waals surface area contributed by atoms with Gasteiger partial charge in [0.1, 0.15) is 0 Å². The molecule has 0 atom stereocenters. The predicted molar refractivity (Wildman–Crippen MR) is 94.2 cm³/mol. The van der Waals surface area contributed by atoms with Gasteiger partial charge in [-0.15, -0.1) is 0 Å². The number of nitrogens with zero attached hydrogens (tertiary/aromatic N) is 5. The van der Waals surface area contributed by atoms with Gasteiger partial charge in [-0.2, -0.15) is 10.2 Å². The quantitative estimate of drug-likeness (QED) is 0.846. The monoisotopic (exact) mass is 331 g/mol. The zero-order valence-corrected chi connectivity index (χ0v) is 15.9. The van der Waals surface area contributed by atoms with Gasteiger partial charge in [-0.1, -0.05) is 20.8 Å². The van der Waals surface area contributed by atoms with Crippen LogP contribution in [0.2, 0.25) is 0 Å².